The molecule has 0 saturated heterocycles. The number of nitrogens with one attached hydrogen (secondary N) is 2. The summed E-state index contributed by atoms with van der Waals surface area (Å²) in [7, 11) is 1.80. The lowest BCUT2D eigenvalue weighted by Crippen LogP contribution is -2.16. The maximum absolute atomic E-state index is 13.9. The van der Waals surface area contributed by atoms with Crippen molar-refractivity contribution in [2.75, 3.05) is 23.7 Å². The molecular formula is C15H17ClFN7. The highest BCUT2D eigenvalue weighted by Crippen LogP contribution is 2.23. The van der Waals surface area contributed by atoms with Gasteiger partial charge in [0.2, 0.25) is 5.95 Å². The third kappa shape index (κ3) is 3.39. The van der Waals surface area contributed by atoms with Crippen LogP contribution in [0.2, 0.25) is 5.02 Å². The van der Waals surface area contributed by atoms with E-state index in [0.717, 1.165) is 5.39 Å². The molecule has 0 amide bonds. The summed E-state index contributed by atoms with van der Waals surface area (Å²) in [5.41, 5.74) is 6.66. The molecule has 24 heavy (non-hydrogen) atoms. The molecule has 126 valence electrons. The Morgan fingerprint density at radius 1 is 1.29 bits per heavy atom. The summed E-state index contributed by atoms with van der Waals surface area (Å²) in [4.78, 5) is 8.83. The Kier molecular flexibility index (Phi) is 4.77. The number of fused-ring (bicyclic) bond motifs is 1. The minimum atomic E-state index is -0.368. The molecule has 0 atom stereocenters. The second kappa shape index (κ2) is 6.98. The van der Waals surface area contributed by atoms with Crippen LogP contribution < -0.4 is 16.4 Å². The highest BCUT2D eigenvalue weighted by Gasteiger charge is 2.12. The number of nitrogens with two attached hydrogens (primary N) is 1. The lowest BCUT2D eigenvalue weighted by Gasteiger charge is -2.10. The zero-order valence-electron chi connectivity index (χ0n) is 13.1. The van der Waals surface area contributed by atoms with E-state index in [1.807, 2.05) is 0 Å². The first-order valence-corrected chi connectivity index (χ1v) is 7.77. The minimum absolute atomic E-state index is 0.264. The smallest absolute Gasteiger partial charge is 0.226 e. The van der Waals surface area contributed by atoms with Crippen molar-refractivity contribution in [3.63, 3.8) is 0 Å². The van der Waals surface area contributed by atoms with Gasteiger partial charge in [-0.3, -0.25) is 4.68 Å². The van der Waals surface area contributed by atoms with Crippen molar-refractivity contribution in [3.8, 4) is 0 Å². The summed E-state index contributed by atoms with van der Waals surface area (Å²) in [5.74, 6) is 0.644. The van der Waals surface area contributed by atoms with E-state index in [1.54, 1.807) is 30.1 Å². The molecular weight excluding hydrogens is 333 g/mol. The van der Waals surface area contributed by atoms with Gasteiger partial charge in [0, 0.05) is 37.3 Å². The van der Waals surface area contributed by atoms with E-state index in [1.165, 1.54) is 6.07 Å². The van der Waals surface area contributed by atoms with Crippen LogP contribution in [0.5, 0.6) is 0 Å². The predicted octanol–water partition coefficient (Wildman–Crippen LogP) is 2.14. The fourth-order valence-corrected chi connectivity index (χ4v) is 2.42. The first kappa shape index (κ1) is 16.4. The Morgan fingerprint density at radius 2 is 2.12 bits per heavy atom. The molecule has 3 aromatic rings. The average molecular weight is 350 g/mol. The molecule has 0 aliphatic rings. The van der Waals surface area contributed by atoms with Gasteiger partial charge in [0.15, 0.2) is 5.65 Å². The van der Waals surface area contributed by atoms with Crippen LogP contribution in [0.25, 0.3) is 11.0 Å². The van der Waals surface area contributed by atoms with Gasteiger partial charge in [-0.25, -0.2) is 4.39 Å². The lowest BCUT2D eigenvalue weighted by molar-refractivity contribution is 0.613. The maximum atomic E-state index is 13.9. The van der Waals surface area contributed by atoms with Gasteiger partial charge >= 0.3 is 0 Å². The summed E-state index contributed by atoms with van der Waals surface area (Å²) in [6.07, 6.45) is 1.67. The van der Waals surface area contributed by atoms with E-state index in [4.69, 9.17) is 17.3 Å². The number of halogens is 2. The van der Waals surface area contributed by atoms with Crippen molar-refractivity contribution in [2.24, 2.45) is 12.8 Å². The Labute approximate surface area is 143 Å². The largest absolute Gasteiger partial charge is 0.365 e. The van der Waals surface area contributed by atoms with Crippen LogP contribution in [0.4, 0.5) is 16.2 Å². The zero-order chi connectivity index (χ0) is 17.1. The van der Waals surface area contributed by atoms with Crippen molar-refractivity contribution in [1.82, 2.24) is 19.7 Å². The zero-order valence-corrected chi connectivity index (χ0v) is 13.8. The summed E-state index contributed by atoms with van der Waals surface area (Å²) in [5, 5.41) is 11.5. The Bertz CT molecular complexity index is 864. The third-order valence-corrected chi connectivity index (χ3v) is 3.72. The molecule has 2 aromatic heterocycles. The SMILES string of the molecule is Cn1ncc2c(NCc3ccc(Cl)cc3F)nc(NCCN)nc21. The van der Waals surface area contributed by atoms with Crippen molar-refractivity contribution in [2.45, 2.75) is 6.54 Å². The molecule has 7 nitrogen and oxygen atoms in total. The number of anilines is 2. The van der Waals surface area contributed by atoms with Crippen LogP contribution in [0.3, 0.4) is 0 Å². The molecule has 0 unspecified atom stereocenters. The summed E-state index contributed by atoms with van der Waals surface area (Å²) in [6.45, 7) is 1.28. The van der Waals surface area contributed by atoms with E-state index in [-0.39, 0.29) is 12.4 Å². The Morgan fingerprint density at radius 3 is 2.88 bits per heavy atom. The van der Waals surface area contributed by atoms with Crippen LogP contribution in [0.1, 0.15) is 5.56 Å². The summed E-state index contributed by atoms with van der Waals surface area (Å²) in [6, 6.07) is 4.57. The molecule has 3 rings (SSSR count). The minimum Gasteiger partial charge on any atom is -0.365 e. The molecule has 1 aromatic carbocycles. The number of nitrogens with zero attached hydrogens (tertiary/aromatic N) is 4. The van der Waals surface area contributed by atoms with E-state index >= 15 is 0 Å². The van der Waals surface area contributed by atoms with Crippen LogP contribution in [0, 0.1) is 5.82 Å². The van der Waals surface area contributed by atoms with Gasteiger partial charge in [0.05, 0.1) is 11.6 Å². The normalized spacial score (nSPS) is 11.0. The molecule has 0 fully saturated rings. The predicted molar refractivity (Wildman–Crippen MR) is 92.6 cm³/mol. The van der Waals surface area contributed by atoms with Gasteiger partial charge < -0.3 is 16.4 Å². The van der Waals surface area contributed by atoms with Crippen LogP contribution in [-0.2, 0) is 13.6 Å². The van der Waals surface area contributed by atoms with Crippen molar-refractivity contribution in [3.05, 3.63) is 40.8 Å². The van der Waals surface area contributed by atoms with Gasteiger partial charge in [-0.2, -0.15) is 15.1 Å². The number of aryl methyl sites for hydroxylation is 1. The van der Waals surface area contributed by atoms with Crippen molar-refractivity contribution >= 4 is 34.4 Å². The van der Waals surface area contributed by atoms with E-state index in [0.29, 0.717) is 41.1 Å². The van der Waals surface area contributed by atoms with Gasteiger partial charge in [0.1, 0.15) is 11.6 Å². The van der Waals surface area contributed by atoms with Gasteiger partial charge in [-0.15, -0.1) is 0 Å². The Balaban J connectivity index is 1.89. The standard InChI is InChI=1S/C15H17ClFN7/c1-24-14-11(8-21-24)13(22-15(23-14)19-5-4-18)20-7-9-2-3-10(16)6-12(9)17/h2-3,6,8H,4-5,7,18H2,1H3,(H2,19,20,22,23). The summed E-state index contributed by atoms with van der Waals surface area (Å²) < 4.78 is 15.6. The molecule has 0 spiro atoms. The van der Waals surface area contributed by atoms with E-state index in [9.17, 15) is 4.39 Å². The molecule has 0 bridgehead atoms. The molecule has 0 aliphatic carbocycles. The second-order valence-corrected chi connectivity index (χ2v) is 5.64. The number of benzene rings is 1. The summed E-state index contributed by atoms with van der Waals surface area (Å²) >= 11 is 5.77. The number of hydrogen-bond donors (Lipinski definition) is 3. The first-order valence-electron chi connectivity index (χ1n) is 7.40. The molecule has 4 N–H and O–H groups in total. The Hall–Kier alpha value is -2.45. The first-order chi connectivity index (χ1) is 11.6. The lowest BCUT2D eigenvalue weighted by atomic mass is 10.2. The third-order valence-electron chi connectivity index (χ3n) is 3.48. The van der Waals surface area contributed by atoms with Crippen molar-refractivity contribution in [1.29, 1.82) is 0 Å². The van der Waals surface area contributed by atoms with Gasteiger partial charge in [0.25, 0.3) is 0 Å². The van der Waals surface area contributed by atoms with Crippen molar-refractivity contribution < 1.29 is 4.39 Å². The number of aromatic nitrogens is 4. The molecule has 9 heteroatoms. The molecule has 0 aliphatic heterocycles. The van der Waals surface area contributed by atoms with Gasteiger partial charge in [-0.1, -0.05) is 17.7 Å². The van der Waals surface area contributed by atoms with Crippen LogP contribution in [-0.4, -0.2) is 32.8 Å². The second-order valence-electron chi connectivity index (χ2n) is 5.21. The molecule has 2 heterocycles. The van der Waals surface area contributed by atoms with E-state index < -0.39 is 0 Å². The van der Waals surface area contributed by atoms with Crippen LogP contribution >= 0.6 is 11.6 Å². The maximum Gasteiger partial charge on any atom is 0.226 e. The highest BCUT2D eigenvalue weighted by atomic mass is 35.5. The molecule has 0 saturated carbocycles. The average Bonchev–Trinajstić information content (AvgIpc) is 2.93. The number of rotatable bonds is 6. The van der Waals surface area contributed by atoms with Gasteiger partial charge in [-0.05, 0) is 12.1 Å². The quantitative estimate of drug-likeness (QED) is 0.631. The number of hydrogen-bond acceptors (Lipinski definition) is 6. The highest BCUT2D eigenvalue weighted by molar-refractivity contribution is 6.30. The van der Waals surface area contributed by atoms with E-state index in [2.05, 4.69) is 25.7 Å². The topological polar surface area (TPSA) is 93.7 Å². The fourth-order valence-electron chi connectivity index (χ4n) is 2.26. The van der Waals surface area contributed by atoms with Crippen LogP contribution in [0.15, 0.2) is 24.4 Å². The molecule has 0 radical (unpaired) electrons. The fraction of sp³-hybridized carbons (Fsp3) is 0.267. The monoisotopic (exact) mass is 349 g/mol.